The van der Waals surface area contributed by atoms with Gasteiger partial charge in [0.25, 0.3) is 0 Å². The first-order chi connectivity index (χ1) is 8.87. The normalized spacial score (nSPS) is 18.7. The fourth-order valence-electron chi connectivity index (χ4n) is 1.95. The minimum absolute atomic E-state index is 0.0681. The van der Waals surface area contributed by atoms with Crippen LogP contribution in [0.3, 0.4) is 0 Å². The molecule has 0 unspecified atom stereocenters. The Morgan fingerprint density at radius 2 is 1.89 bits per heavy atom. The average molecular weight is 273 g/mol. The van der Waals surface area contributed by atoms with Crippen molar-refractivity contribution in [3.8, 4) is 0 Å². The van der Waals surface area contributed by atoms with E-state index in [1.807, 2.05) is 0 Å². The summed E-state index contributed by atoms with van der Waals surface area (Å²) in [7, 11) is 0. The molecule has 1 aliphatic rings. The Balaban J connectivity index is 1.94. The number of carbonyl (C=O) groups excluding carboxylic acids is 1. The summed E-state index contributed by atoms with van der Waals surface area (Å²) in [6.07, 6.45) is -4.69. The van der Waals surface area contributed by atoms with Crippen molar-refractivity contribution in [2.24, 2.45) is 11.1 Å². The second-order valence-corrected chi connectivity index (χ2v) is 4.72. The van der Waals surface area contributed by atoms with Crippen LogP contribution in [0.25, 0.3) is 0 Å². The van der Waals surface area contributed by atoms with Gasteiger partial charge in [-0.25, -0.2) is 0 Å². The Labute approximate surface area is 108 Å². The Bertz CT molecular complexity index is 455. The second-order valence-electron chi connectivity index (χ2n) is 4.72. The number of ether oxygens (including phenoxy) is 1. The van der Waals surface area contributed by atoms with Gasteiger partial charge in [-0.05, 0) is 18.4 Å². The molecule has 0 spiro atoms. The van der Waals surface area contributed by atoms with Gasteiger partial charge in [-0.15, -0.1) is 0 Å². The van der Waals surface area contributed by atoms with Gasteiger partial charge in [0.1, 0.15) is 12.6 Å². The van der Waals surface area contributed by atoms with Crippen molar-refractivity contribution in [1.82, 2.24) is 0 Å². The van der Waals surface area contributed by atoms with Crippen LogP contribution >= 0.6 is 0 Å². The molecule has 6 heteroatoms. The van der Waals surface area contributed by atoms with Crippen LogP contribution in [0.15, 0.2) is 30.3 Å². The lowest BCUT2D eigenvalue weighted by Crippen LogP contribution is -2.48. The van der Waals surface area contributed by atoms with E-state index in [0.29, 0.717) is 5.56 Å². The topological polar surface area (TPSA) is 52.3 Å². The highest BCUT2D eigenvalue weighted by molar-refractivity contribution is 5.77. The summed E-state index contributed by atoms with van der Waals surface area (Å²) >= 11 is 0. The summed E-state index contributed by atoms with van der Waals surface area (Å²) < 4.78 is 43.2. The zero-order chi connectivity index (χ0) is 14.1. The van der Waals surface area contributed by atoms with Gasteiger partial charge in [-0.1, -0.05) is 30.3 Å². The summed E-state index contributed by atoms with van der Waals surface area (Å²) in [6, 6.07) is 7.09. The molecule has 1 aromatic rings. The van der Waals surface area contributed by atoms with Crippen molar-refractivity contribution in [2.45, 2.75) is 31.7 Å². The molecule has 1 saturated carbocycles. The van der Waals surface area contributed by atoms with Gasteiger partial charge in [0.2, 0.25) is 0 Å². The van der Waals surface area contributed by atoms with Crippen molar-refractivity contribution in [3.63, 3.8) is 0 Å². The lowest BCUT2D eigenvalue weighted by Gasteiger charge is -2.24. The molecule has 1 aromatic carbocycles. The number of hydrogen-bond acceptors (Lipinski definition) is 3. The van der Waals surface area contributed by atoms with Crippen LogP contribution < -0.4 is 5.73 Å². The molecule has 1 atom stereocenters. The van der Waals surface area contributed by atoms with E-state index >= 15 is 0 Å². The van der Waals surface area contributed by atoms with Crippen molar-refractivity contribution in [2.75, 3.05) is 0 Å². The van der Waals surface area contributed by atoms with Crippen LogP contribution in [-0.4, -0.2) is 18.2 Å². The number of carbonyl (C=O) groups is 1. The highest BCUT2D eigenvalue weighted by atomic mass is 19.4. The van der Waals surface area contributed by atoms with E-state index in [4.69, 9.17) is 10.5 Å². The van der Waals surface area contributed by atoms with Crippen molar-refractivity contribution in [1.29, 1.82) is 0 Å². The molecule has 0 bridgehead atoms. The SMILES string of the molecule is N[C@H](C(=O)OCc1ccccc1)C1(C(F)(F)F)CC1. The summed E-state index contributed by atoms with van der Waals surface area (Å²) in [5.41, 5.74) is 4.04. The average Bonchev–Trinajstić information content (AvgIpc) is 3.17. The molecular formula is C13H14F3NO2. The van der Waals surface area contributed by atoms with Gasteiger partial charge >= 0.3 is 12.1 Å². The Kier molecular flexibility index (Phi) is 3.54. The molecule has 0 amide bonds. The van der Waals surface area contributed by atoms with Crippen LogP contribution in [0, 0.1) is 5.41 Å². The van der Waals surface area contributed by atoms with Gasteiger partial charge < -0.3 is 10.5 Å². The summed E-state index contributed by atoms with van der Waals surface area (Å²) in [4.78, 5) is 11.6. The lowest BCUT2D eigenvalue weighted by atomic mass is 9.96. The van der Waals surface area contributed by atoms with E-state index in [-0.39, 0.29) is 19.4 Å². The van der Waals surface area contributed by atoms with Gasteiger partial charge in [-0.2, -0.15) is 13.2 Å². The number of halogens is 3. The molecule has 0 aromatic heterocycles. The molecule has 0 saturated heterocycles. The monoisotopic (exact) mass is 273 g/mol. The van der Waals surface area contributed by atoms with E-state index in [1.165, 1.54) is 0 Å². The molecule has 2 rings (SSSR count). The van der Waals surface area contributed by atoms with Crippen LogP contribution in [0.5, 0.6) is 0 Å². The van der Waals surface area contributed by atoms with Crippen molar-refractivity contribution >= 4 is 5.97 Å². The molecule has 1 aliphatic carbocycles. The fraction of sp³-hybridized carbons (Fsp3) is 0.462. The predicted octanol–water partition coefficient (Wildman–Crippen LogP) is 2.40. The van der Waals surface area contributed by atoms with Gasteiger partial charge in [0.05, 0.1) is 5.41 Å². The van der Waals surface area contributed by atoms with E-state index < -0.39 is 23.6 Å². The van der Waals surface area contributed by atoms with Crippen LogP contribution in [0.1, 0.15) is 18.4 Å². The minimum atomic E-state index is -4.46. The maximum atomic E-state index is 12.8. The summed E-state index contributed by atoms with van der Waals surface area (Å²) in [5.74, 6) is -1.00. The number of esters is 1. The molecular weight excluding hydrogens is 259 g/mol. The third-order valence-electron chi connectivity index (χ3n) is 3.43. The summed E-state index contributed by atoms with van der Waals surface area (Å²) in [6.45, 7) is -0.0681. The fourth-order valence-corrected chi connectivity index (χ4v) is 1.95. The maximum absolute atomic E-state index is 12.8. The zero-order valence-electron chi connectivity index (χ0n) is 10.1. The highest BCUT2D eigenvalue weighted by Crippen LogP contribution is 2.59. The van der Waals surface area contributed by atoms with Crippen molar-refractivity contribution < 1.29 is 22.7 Å². The highest BCUT2D eigenvalue weighted by Gasteiger charge is 2.68. The van der Waals surface area contributed by atoms with Gasteiger partial charge in [0, 0.05) is 0 Å². The number of rotatable bonds is 4. The number of benzene rings is 1. The van der Waals surface area contributed by atoms with Gasteiger partial charge in [0.15, 0.2) is 0 Å². The van der Waals surface area contributed by atoms with Crippen LogP contribution in [-0.2, 0) is 16.1 Å². The van der Waals surface area contributed by atoms with E-state index in [2.05, 4.69) is 0 Å². The Morgan fingerprint density at radius 1 is 1.32 bits per heavy atom. The third-order valence-corrected chi connectivity index (χ3v) is 3.43. The molecule has 2 N–H and O–H groups in total. The second kappa shape index (κ2) is 4.85. The van der Waals surface area contributed by atoms with E-state index in [9.17, 15) is 18.0 Å². The lowest BCUT2D eigenvalue weighted by molar-refractivity contribution is -0.200. The predicted molar refractivity (Wildman–Crippen MR) is 61.9 cm³/mol. The zero-order valence-corrected chi connectivity index (χ0v) is 10.1. The van der Waals surface area contributed by atoms with E-state index in [1.54, 1.807) is 30.3 Å². The molecule has 1 fully saturated rings. The van der Waals surface area contributed by atoms with Crippen LogP contribution in [0.2, 0.25) is 0 Å². The number of hydrogen-bond donors (Lipinski definition) is 1. The molecule has 0 radical (unpaired) electrons. The van der Waals surface area contributed by atoms with E-state index in [0.717, 1.165) is 0 Å². The Hall–Kier alpha value is -1.56. The summed E-state index contributed by atoms with van der Waals surface area (Å²) in [5, 5.41) is 0. The first-order valence-electron chi connectivity index (χ1n) is 5.90. The molecule has 0 heterocycles. The smallest absolute Gasteiger partial charge is 0.396 e. The third kappa shape index (κ3) is 2.73. The molecule has 19 heavy (non-hydrogen) atoms. The van der Waals surface area contributed by atoms with Crippen LogP contribution in [0.4, 0.5) is 13.2 Å². The first kappa shape index (κ1) is 13.9. The van der Waals surface area contributed by atoms with Gasteiger partial charge in [-0.3, -0.25) is 4.79 Å². The quantitative estimate of drug-likeness (QED) is 0.857. The van der Waals surface area contributed by atoms with Crippen molar-refractivity contribution in [3.05, 3.63) is 35.9 Å². The maximum Gasteiger partial charge on any atom is 0.396 e. The largest absolute Gasteiger partial charge is 0.460 e. The first-order valence-corrected chi connectivity index (χ1v) is 5.90. The standard InChI is InChI=1S/C13H14F3NO2/c14-13(15,16)12(6-7-12)10(17)11(18)19-8-9-4-2-1-3-5-9/h1-5,10H,6-8,17H2/t10-/m1/s1. The molecule has 104 valence electrons. The number of alkyl halides is 3. The Morgan fingerprint density at radius 3 is 2.37 bits per heavy atom. The minimum Gasteiger partial charge on any atom is -0.460 e. The molecule has 0 aliphatic heterocycles. The molecule has 3 nitrogen and oxygen atoms in total. The number of nitrogens with two attached hydrogens (primary N) is 1.